The lowest BCUT2D eigenvalue weighted by atomic mass is 9.95. The molecule has 5 nitrogen and oxygen atoms in total. The van der Waals surface area contributed by atoms with E-state index in [1.165, 1.54) is 42.7 Å². The summed E-state index contributed by atoms with van der Waals surface area (Å²) in [6, 6.07) is 5.36. The molecule has 27 heavy (non-hydrogen) atoms. The summed E-state index contributed by atoms with van der Waals surface area (Å²) in [5.41, 5.74) is 3.90. The quantitative estimate of drug-likeness (QED) is 0.761. The molecule has 1 amide bonds. The monoisotopic (exact) mass is 369 g/mol. The number of carbonyl (C=O) groups excluding carboxylic acids is 2. The Morgan fingerprint density at radius 2 is 1.81 bits per heavy atom. The number of fused-ring (bicyclic) bond motifs is 1. The average Bonchev–Trinajstić information content (AvgIpc) is 2.67. The van der Waals surface area contributed by atoms with Gasteiger partial charge in [0.05, 0.1) is 0 Å². The molecular weight excluding hydrogens is 345 g/mol. The van der Waals surface area contributed by atoms with Crippen LogP contribution in [0, 0.1) is 12.7 Å². The first-order chi connectivity index (χ1) is 13.0. The van der Waals surface area contributed by atoms with Crippen molar-refractivity contribution >= 4 is 11.7 Å². The second-order valence-corrected chi connectivity index (χ2v) is 6.89. The number of aromatic nitrogens is 2. The minimum Gasteiger partial charge on any atom is -0.356 e. The number of nitrogens with one attached hydrogen (secondary N) is 1. The van der Waals surface area contributed by atoms with Crippen LogP contribution in [0.15, 0.2) is 24.3 Å². The average molecular weight is 369 g/mol. The zero-order valence-electron chi connectivity index (χ0n) is 15.6. The SMILES string of the molecule is Cc1nc(CCNC(=O)CCC(=O)c2ccc(F)cc2)nc2c1CCCC2. The summed E-state index contributed by atoms with van der Waals surface area (Å²) < 4.78 is 12.9. The first kappa shape index (κ1) is 19.1. The maximum absolute atomic E-state index is 12.9. The molecule has 142 valence electrons. The van der Waals surface area contributed by atoms with E-state index in [2.05, 4.69) is 15.3 Å². The van der Waals surface area contributed by atoms with Gasteiger partial charge in [0, 0.05) is 42.8 Å². The molecule has 3 rings (SSSR count). The molecule has 1 aliphatic carbocycles. The van der Waals surface area contributed by atoms with Crippen LogP contribution in [0.2, 0.25) is 0 Å². The van der Waals surface area contributed by atoms with E-state index in [0.29, 0.717) is 18.5 Å². The largest absolute Gasteiger partial charge is 0.356 e. The van der Waals surface area contributed by atoms with Crippen LogP contribution in [-0.4, -0.2) is 28.2 Å². The van der Waals surface area contributed by atoms with Crippen molar-refractivity contribution in [1.29, 1.82) is 0 Å². The number of halogens is 1. The van der Waals surface area contributed by atoms with Crippen molar-refractivity contribution in [2.75, 3.05) is 6.54 Å². The van der Waals surface area contributed by atoms with E-state index in [1.807, 2.05) is 6.92 Å². The molecule has 0 fully saturated rings. The molecule has 0 spiro atoms. The van der Waals surface area contributed by atoms with Gasteiger partial charge in [-0.25, -0.2) is 14.4 Å². The van der Waals surface area contributed by atoms with Crippen LogP contribution in [0.25, 0.3) is 0 Å². The summed E-state index contributed by atoms with van der Waals surface area (Å²) >= 11 is 0. The van der Waals surface area contributed by atoms with Gasteiger partial charge in [-0.3, -0.25) is 9.59 Å². The van der Waals surface area contributed by atoms with E-state index >= 15 is 0 Å². The van der Waals surface area contributed by atoms with Crippen molar-refractivity contribution in [3.63, 3.8) is 0 Å². The van der Waals surface area contributed by atoms with Crippen molar-refractivity contribution in [3.8, 4) is 0 Å². The molecule has 1 aromatic carbocycles. The van der Waals surface area contributed by atoms with Crippen LogP contribution in [0.3, 0.4) is 0 Å². The number of benzene rings is 1. The molecule has 0 saturated heterocycles. The van der Waals surface area contributed by atoms with Gasteiger partial charge in [0.2, 0.25) is 5.91 Å². The molecule has 0 aliphatic heterocycles. The Labute approximate surface area is 158 Å². The van der Waals surface area contributed by atoms with Crippen LogP contribution < -0.4 is 5.32 Å². The number of aryl methyl sites for hydroxylation is 2. The highest BCUT2D eigenvalue weighted by Crippen LogP contribution is 2.21. The van der Waals surface area contributed by atoms with E-state index in [-0.39, 0.29) is 30.3 Å². The van der Waals surface area contributed by atoms with Crippen LogP contribution in [0.5, 0.6) is 0 Å². The molecule has 0 bridgehead atoms. The lowest BCUT2D eigenvalue weighted by Gasteiger charge is -2.17. The third-order valence-corrected chi connectivity index (χ3v) is 4.85. The molecule has 0 unspecified atom stereocenters. The zero-order valence-corrected chi connectivity index (χ0v) is 15.6. The van der Waals surface area contributed by atoms with Crippen LogP contribution in [0.4, 0.5) is 4.39 Å². The number of hydrogen-bond donors (Lipinski definition) is 1. The molecule has 0 radical (unpaired) electrons. The standard InChI is InChI=1S/C21H24FN3O2/c1-14-17-4-2-3-5-18(17)25-20(24-14)12-13-23-21(27)11-10-19(26)15-6-8-16(22)9-7-15/h6-9H,2-5,10-13H2,1H3,(H,23,27). The van der Waals surface area contributed by atoms with Gasteiger partial charge in [-0.05, 0) is 62.4 Å². The fourth-order valence-electron chi connectivity index (χ4n) is 3.37. The Hall–Kier alpha value is -2.63. The molecule has 1 heterocycles. The Balaban J connectivity index is 1.44. The van der Waals surface area contributed by atoms with Crippen LogP contribution in [0.1, 0.15) is 58.8 Å². The highest BCUT2D eigenvalue weighted by molar-refractivity contribution is 5.97. The van der Waals surface area contributed by atoms with Gasteiger partial charge in [0.1, 0.15) is 11.6 Å². The van der Waals surface area contributed by atoms with E-state index in [9.17, 15) is 14.0 Å². The summed E-state index contributed by atoms with van der Waals surface area (Å²) in [7, 11) is 0. The molecule has 0 saturated carbocycles. The molecule has 1 N–H and O–H groups in total. The second-order valence-electron chi connectivity index (χ2n) is 6.89. The Bertz CT molecular complexity index is 834. The van der Waals surface area contributed by atoms with Crippen molar-refractivity contribution in [2.45, 2.75) is 51.9 Å². The molecular formula is C21H24FN3O2. The number of ketones is 1. The maximum Gasteiger partial charge on any atom is 0.220 e. The van der Waals surface area contributed by atoms with E-state index < -0.39 is 0 Å². The predicted molar refractivity (Wildman–Crippen MR) is 100 cm³/mol. The minimum atomic E-state index is -0.385. The van der Waals surface area contributed by atoms with Gasteiger partial charge in [0.25, 0.3) is 0 Å². The van der Waals surface area contributed by atoms with Crippen molar-refractivity contribution in [2.24, 2.45) is 0 Å². The third-order valence-electron chi connectivity index (χ3n) is 4.85. The van der Waals surface area contributed by atoms with Gasteiger partial charge >= 0.3 is 0 Å². The highest BCUT2D eigenvalue weighted by atomic mass is 19.1. The van der Waals surface area contributed by atoms with Gasteiger partial charge < -0.3 is 5.32 Å². The first-order valence-corrected chi connectivity index (χ1v) is 9.43. The van der Waals surface area contributed by atoms with E-state index in [4.69, 9.17) is 0 Å². The number of Topliss-reactive ketones (excluding diaryl/α,β-unsaturated/α-hetero) is 1. The van der Waals surface area contributed by atoms with Gasteiger partial charge in [-0.15, -0.1) is 0 Å². The van der Waals surface area contributed by atoms with Crippen molar-refractivity contribution < 1.29 is 14.0 Å². The lowest BCUT2D eigenvalue weighted by molar-refractivity contribution is -0.121. The molecule has 2 aromatic rings. The van der Waals surface area contributed by atoms with E-state index in [0.717, 1.165) is 30.1 Å². The predicted octanol–water partition coefficient (Wildman–Crippen LogP) is 3.12. The second kappa shape index (κ2) is 8.84. The maximum atomic E-state index is 12.9. The van der Waals surface area contributed by atoms with Gasteiger partial charge in [-0.2, -0.15) is 0 Å². The number of nitrogens with zero attached hydrogens (tertiary/aromatic N) is 2. The smallest absolute Gasteiger partial charge is 0.220 e. The van der Waals surface area contributed by atoms with Crippen molar-refractivity contribution in [3.05, 3.63) is 58.4 Å². The summed E-state index contributed by atoms with van der Waals surface area (Å²) in [6.07, 6.45) is 5.22. The summed E-state index contributed by atoms with van der Waals surface area (Å²) in [5, 5.41) is 2.82. The fourth-order valence-corrected chi connectivity index (χ4v) is 3.37. The molecule has 0 atom stereocenters. The fraction of sp³-hybridized carbons (Fsp3) is 0.429. The van der Waals surface area contributed by atoms with Gasteiger partial charge in [0.15, 0.2) is 5.78 Å². The minimum absolute atomic E-state index is 0.103. The van der Waals surface area contributed by atoms with E-state index in [1.54, 1.807) is 0 Å². The van der Waals surface area contributed by atoms with Crippen LogP contribution >= 0.6 is 0 Å². The lowest BCUT2D eigenvalue weighted by Crippen LogP contribution is -2.27. The number of carbonyl (C=O) groups is 2. The molecule has 1 aliphatic rings. The normalized spacial score (nSPS) is 13.1. The number of amides is 1. The summed E-state index contributed by atoms with van der Waals surface area (Å²) in [5.74, 6) is 0.0266. The molecule has 6 heteroatoms. The first-order valence-electron chi connectivity index (χ1n) is 9.43. The number of rotatable bonds is 7. The number of hydrogen-bond acceptors (Lipinski definition) is 4. The molecule has 1 aromatic heterocycles. The Kier molecular flexibility index (Phi) is 6.27. The third kappa shape index (κ3) is 5.18. The van der Waals surface area contributed by atoms with Crippen molar-refractivity contribution in [1.82, 2.24) is 15.3 Å². The summed E-state index contributed by atoms with van der Waals surface area (Å²) in [4.78, 5) is 33.2. The van der Waals surface area contributed by atoms with Crippen LogP contribution in [-0.2, 0) is 24.1 Å². The Morgan fingerprint density at radius 1 is 1.07 bits per heavy atom. The summed E-state index contributed by atoms with van der Waals surface area (Å²) in [6.45, 7) is 2.47. The Morgan fingerprint density at radius 3 is 2.59 bits per heavy atom. The van der Waals surface area contributed by atoms with Gasteiger partial charge in [-0.1, -0.05) is 0 Å². The topological polar surface area (TPSA) is 72.0 Å². The zero-order chi connectivity index (χ0) is 19.2. The highest BCUT2D eigenvalue weighted by Gasteiger charge is 2.15.